The minimum Gasteiger partial charge on any atom is -0.489 e. The van der Waals surface area contributed by atoms with Gasteiger partial charge in [-0.25, -0.2) is 0 Å². The highest BCUT2D eigenvalue weighted by Gasteiger charge is 2.54. The molecule has 0 heterocycles. The van der Waals surface area contributed by atoms with Crippen LogP contribution in [0.5, 0.6) is 5.75 Å². The number of hydrogen-bond acceptors (Lipinski definition) is 2. The molecule has 0 spiro atoms. The van der Waals surface area contributed by atoms with Crippen LogP contribution in [0.25, 0.3) is 5.57 Å². The number of hydrogen-bond donors (Lipinski definition) is 0. The summed E-state index contributed by atoms with van der Waals surface area (Å²) in [6.45, 7) is 12.0. The number of fused-ring (bicyclic) bond motifs is 5. The lowest BCUT2D eigenvalue weighted by atomic mass is 9.57. The Morgan fingerprint density at radius 3 is 2.26 bits per heavy atom. The number of aryl methyl sites for hydroxylation is 1. The number of ether oxygens (including phenoxy) is 2. The van der Waals surface area contributed by atoms with Crippen LogP contribution < -0.4 is 4.74 Å². The number of allylic oxidation sites excluding steroid dienone is 3. The molecule has 3 aromatic carbocycles. The zero-order valence-corrected chi connectivity index (χ0v) is 24.0. The molecule has 0 aliphatic heterocycles. The predicted octanol–water partition coefficient (Wildman–Crippen LogP) is 9.59. The largest absolute Gasteiger partial charge is 0.489 e. The Kier molecular flexibility index (Phi) is 8.72. The fraction of sp³-hybridized carbons (Fsp3) is 0.405. The highest BCUT2D eigenvalue weighted by Crippen LogP contribution is 2.61. The normalized spacial score (nSPS) is 25.1. The van der Waals surface area contributed by atoms with E-state index in [-0.39, 0.29) is 5.41 Å². The van der Waals surface area contributed by atoms with Crippen LogP contribution in [0.1, 0.15) is 75.1 Å². The summed E-state index contributed by atoms with van der Waals surface area (Å²) in [4.78, 5) is 0. The molecule has 0 aromatic heterocycles. The first-order valence-corrected chi connectivity index (χ1v) is 14.9. The van der Waals surface area contributed by atoms with E-state index in [1.807, 2.05) is 19.9 Å². The third-order valence-corrected chi connectivity index (χ3v) is 9.18. The van der Waals surface area contributed by atoms with Gasteiger partial charge in [-0.1, -0.05) is 99.2 Å². The van der Waals surface area contributed by atoms with E-state index in [4.69, 9.17) is 9.47 Å². The van der Waals surface area contributed by atoms with Gasteiger partial charge in [0.1, 0.15) is 12.4 Å². The van der Waals surface area contributed by atoms with Crippen LogP contribution in [0.3, 0.4) is 0 Å². The summed E-state index contributed by atoms with van der Waals surface area (Å²) >= 11 is 0. The van der Waals surface area contributed by atoms with Crippen LogP contribution in [-0.2, 0) is 24.4 Å². The van der Waals surface area contributed by atoms with Crippen LogP contribution in [0.15, 0.2) is 97.1 Å². The van der Waals surface area contributed by atoms with Crippen molar-refractivity contribution in [1.82, 2.24) is 0 Å². The summed E-state index contributed by atoms with van der Waals surface area (Å²) in [6.07, 6.45) is 9.26. The van der Waals surface area contributed by atoms with E-state index in [0.29, 0.717) is 31.2 Å². The molecule has 2 nitrogen and oxygen atoms in total. The van der Waals surface area contributed by atoms with Gasteiger partial charge in [-0.3, -0.25) is 0 Å². The standard InChI is InChI=1S/C35H38O2.C2H6/c1-3-10-28-22-35(2)32(19-20-33(35)37-24-26-13-8-5-9-14-26)31-17-15-27-21-29(16-18-30(27)34(28)31)36-23-25-11-6-4-7-12-25;1-2/h3-9,11-14,16,18,21,31-33H,1,10,15,17,19-20,22-24H2,2H3;1-2H3. The van der Waals surface area contributed by atoms with E-state index >= 15 is 0 Å². The van der Waals surface area contributed by atoms with Crippen molar-refractivity contribution in [2.24, 2.45) is 17.3 Å². The molecule has 0 radical (unpaired) electrons. The molecule has 204 valence electrons. The van der Waals surface area contributed by atoms with Gasteiger partial charge in [0.25, 0.3) is 0 Å². The summed E-state index contributed by atoms with van der Waals surface area (Å²) in [5.41, 5.74) is 8.75. The number of rotatable bonds is 8. The zero-order chi connectivity index (χ0) is 27.2. The molecule has 3 aromatic rings. The quantitative estimate of drug-likeness (QED) is 0.275. The van der Waals surface area contributed by atoms with Gasteiger partial charge >= 0.3 is 0 Å². The smallest absolute Gasteiger partial charge is 0.120 e. The molecule has 2 heteroatoms. The minimum atomic E-state index is 0.192. The van der Waals surface area contributed by atoms with Gasteiger partial charge in [0.2, 0.25) is 0 Å². The summed E-state index contributed by atoms with van der Waals surface area (Å²) in [5.74, 6) is 2.27. The third-order valence-electron chi connectivity index (χ3n) is 9.18. The van der Waals surface area contributed by atoms with Gasteiger partial charge in [-0.15, -0.1) is 6.58 Å². The van der Waals surface area contributed by atoms with Crippen LogP contribution in [0.2, 0.25) is 0 Å². The first kappa shape index (κ1) is 27.5. The van der Waals surface area contributed by atoms with Crippen LogP contribution in [0.4, 0.5) is 0 Å². The average molecular weight is 521 g/mol. The van der Waals surface area contributed by atoms with E-state index in [1.54, 1.807) is 11.1 Å². The van der Waals surface area contributed by atoms with E-state index < -0.39 is 0 Å². The first-order chi connectivity index (χ1) is 19.2. The second-order valence-electron chi connectivity index (χ2n) is 11.4. The maximum absolute atomic E-state index is 6.65. The summed E-state index contributed by atoms with van der Waals surface area (Å²) in [5, 5.41) is 0. The summed E-state index contributed by atoms with van der Waals surface area (Å²) in [7, 11) is 0. The third kappa shape index (κ3) is 5.63. The molecule has 39 heavy (non-hydrogen) atoms. The van der Waals surface area contributed by atoms with Crippen molar-refractivity contribution in [2.75, 3.05) is 0 Å². The Morgan fingerprint density at radius 2 is 1.56 bits per heavy atom. The SMILES string of the molecule is C=CCC1=C2c3ccc(OCc4ccccc4)cc3CCC2C2CCC(OCc3ccccc3)C2(C)C1.CC. The number of benzene rings is 3. The first-order valence-electron chi connectivity index (χ1n) is 14.9. The Hall–Kier alpha value is -3.10. The fourth-order valence-corrected chi connectivity index (χ4v) is 7.47. The summed E-state index contributed by atoms with van der Waals surface area (Å²) < 4.78 is 12.8. The van der Waals surface area contributed by atoms with Gasteiger partial charge in [-0.2, -0.15) is 0 Å². The van der Waals surface area contributed by atoms with Crippen molar-refractivity contribution < 1.29 is 9.47 Å². The molecule has 0 amide bonds. The van der Waals surface area contributed by atoms with E-state index in [1.165, 1.54) is 35.1 Å². The molecule has 1 saturated carbocycles. The van der Waals surface area contributed by atoms with Gasteiger partial charge in [0, 0.05) is 5.41 Å². The second-order valence-corrected chi connectivity index (χ2v) is 11.4. The Bertz CT molecular complexity index is 1280. The molecule has 0 bridgehead atoms. The predicted molar refractivity (Wildman–Crippen MR) is 163 cm³/mol. The molecular formula is C37H44O2. The van der Waals surface area contributed by atoms with Crippen molar-refractivity contribution in [3.8, 4) is 5.75 Å². The van der Waals surface area contributed by atoms with Gasteiger partial charge < -0.3 is 9.47 Å². The molecule has 0 saturated heterocycles. The van der Waals surface area contributed by atoms with Crippen molar-refractivity contribution in [3.63, 3.8) is 0 Å². The Labute approximate surface area is 235 Å². The molecule has 6 rings (SSSR count). The van der Waals surface area contributed by atoms with Crippen molar-refractivity contribution in [1.29, 1.82) is 0 Å². The van der Waals surface area contributed by atoms with Crippen molar-refractivity contribution in [2.45, 2.75) is 78.6 Å². The molecule has 0 N–H and O–H groups in total. The van der Waals surface area contributed by atoms with Crippen LogP contribution in [0, 0.1) is 17.3 Å². The highest BCUT2D eigenvalue weighted by atomic mass is 16.5. The lowest BCUT2D eigenvalue weighted by Crippen LogP contribution is -2.42. The molecular weight excluding hydrogens is 476 g/mol. The minimum absolute atomic E-state index is 0.192. The molecule has 1 fully saturated rings. The van der Waals surface area contributed by atoms with E-state index in [9.17, 15) is 0 Å². The van der Waals surface area contributed by atoms with Crippen LogP contribution in [-0.4, -0.2) is 6.10 Å². The van der Waals surface area contributed by atoms with Crippen LogP contribution >= 0.6 is 0 Å². The van der Waals surface area contributed by atoms with Gasteiger partial charge in [-0.05, 0) is 90.3 Å². The maximum atomic E-state index is 6.65. The zero-order valence-electron chi connectivity index (χ0n) is 24.0. The van der Waals surface area contributed by atoms with E-state index in [2.05, 4.69) is 92.4 Å². The molecule has 4 unspecified atom stereocenters. The Balaban J connectivity index is 0.00000151. The molecule has 3 aliphatic rings. The average Bonchev–Trinajstić information content (AvgIpc) is 3.32. The van der Waals surface area contributed by atoms with Gasteiger partial charge in [0.15, 0.2) is 0 Å². The van der Waals surface area contributed by atoms with Crippen molar-refractivity contribution in [3.05, 3.63) is 119 Å². The molecule has 4 atom stereocenters. The van der Waals surface area contributed by atoms with Gasteiger partial charge in [0.05, 0.1) is 12.7 Å². The maximum Gasteiger partial charge on any atom is 0.120 e. The Morgan fingerprint density at radius 1 is 0.872 bits per heavy atom. The molecule has 3 aliphatic carbocycles. The topological polar surface area (TPSA) is 18.5 Å². The lowest BCUT2D eigenvalue weighted by molar-refractivity contribution is -0.0466. The lowest BCUT2D eigenvalue weighted by Gasteiger charge is -2.48. The monoisotopic (exact) mass is 520 g/mol. The van der Waals surface area contributed by atoms with E-state index in [0.717, 1.165) is 31.4 Å². The highest BCUT2D eigenvalue weighted by molar-refractivity contribution is 5.76. The second kappa shape index (κ2) is 12.4. The fourth-order valence-electron chi connectivity index (χ4n) is 7.47. The summed E-state index contributed by atoms with van der Waals surface area (Å²) in [6, 6.07) is 27.8. The van der Waals surface area contributed by atoms with Crippen molar-refractivity contribution >= 4 is 5.57 Å².